The SMILES string of the molecule is CCN(CCC(N)=NO)c1ncc(C(F)(F)F)cc1Cl. The zero-order valence-corrected chi connectivity index (χ0v) is 11.4. The number of oxime groups is 1. The van der Waals surface area contributed by atoms with Crippen LogP contribution in [-0.2, 0) is 6.18 Å². The van der Waals surface area contributed by atoms with E-state index >= 15 is 0 Å². The van der Waals surface area contributed by atoms with E-state index in [1.165, 1.54) is 0 Å². The minimum absolute atomic E-state index is 0.0199. The Labute approximate surface area is 118 Å². The van der Waals surface area contributed by atoms with Crippen LogP contribution in [-0.4, -0.2) is 29.1 Å². The number of amidine groups is 1. The maximum absolute atomic E-state index is 12.5. The summed E-state index contributed by atoms with van der Waals surface area (Å²) in [7, 11) is 0. The smallest absolute Gasteiger partial charge is 0.409 e. The predicted octanol–water partition coefficient (Wildman–Crippen LogP) is 2.72. The molecule has 0 aliphatic carbocycles. The van der Waals surface area contributed by atoms with Crippen molar-refractivity contribution in [3.05, 3.63) is 22.8 Å². The molecule has 0 aliphatic heterocycles. The molecule has 0 radical (unpaired) electrons. The first-order valence-corrected chi connectivity index (χ1v) is 6.11. The molecule has 5 nitrogen and oxygen atoms in total. The van der Waals surface area contributed by atoms with Gasteiger partial charge in [-0.1, -0.05) is 16.8 Å². The van der Waals surface area contributed by atoms with Crippen LogP contribution in [0.5, 0.6) is 0 Å². The lowest BCUT2D eigenvalue weighted by Crippen LogP contribution is -2.29. The van der Waals surface area contributed by atoms with Crippen LogP contribution in [0.15, 0.2) is 17.4 Å². The first kappa shape index (κ1) is 16.4. The molecule has 0 saturated carbocycles. The van der Waals surface area contributed by atoms with Crippen molar-refractivity contribution in [2.24, 2.45) is 10.9 Å². The Kier molecular flexibility index (Phi) is 5.43. The monoisotopic (exact) mass is 310 g/mol. The largest absolute Gasteiger partial charge is 0.417 e. The van der Waals surface area contributed by atoms with Crippen molar-refractivity contribution >= 4 is 23.3 Å². The van der Waals surface area contributed by atoms with Crippen molar-refractivity contribution in [3.63, 3.8) is 0 Å². The molecule has 9 heteroatoms. The van der Waals surface area contributed by atoms with Crippen LogP contribution < -0.4 is 10.6 Å². The molecule has 112 valence electrons. The third-order valence-electron chi connectivity index (χ3n) is 2.60. The Morgan fingerprint density at radius 1 is 1.55 bits per heavy atom. The van der Waals surface area contributed by atoms with Gasteiger partial charge in [0, 0.05) is 25.7 Å². The first-order chi connectivity index (χ1) is 9.29. The van der Waals surface area contributed by atoms with Gasteiger partial charge in [0.25, 0.3) is 0 Å². The number of nitrogens with zero attached hydrogens (tertiary/aromatic N) is 3. The van der Waals surface area contributed by atoms with E-state index in [0.29, 0.717) is 13.1 Å². The summed E-state index contributed by atoms with van der Waals surface area (Å²) in [5.74, 6) is 0.249. The van der Waals surface area contributed by atoms with Gasteiger partial charge in [0.2, 0.25) is 0 Å². The van der Waals surface area contributed by atoms with E-state index in [1.807, 2.05) is 0 Å². The van der Waals surface area contributed by atoms with Gasteiger partial charge in [0.1, 0.15) is 11.7 Å². The summed E-state index contributed by atoms with van der Waals surface area (Å²) in [6.45, 7) is 2.59. The molecular formula is C11H14ClF3N4O. The normalized spacial score (nSPS) is 12.6. The van der Waals surface area contributed by atoms with E-state index in [-0.39, 0.29) is 23.1 Å². The molecule has 0 unspecified atom stereocenters. The zero-order chi connectivity index (χ0) is 15.3. The van der Waals surface area contributed by atoms with Gasteiger partial charge in [-0.2, -0.15) is 13.2 Å². The zero-order valence-electron chi connectivity index (χ0n) is 10.7. The number of hydrogen-bond donors (Lipinski definition) is 2. The molecule has 20 heavy (non-hydrogen) atoms. The van der Waals surface area contributed by atoms with Crippen molar-refractivity contribution in [1.82, 2.24) is 4.98 Å². The predicted molar refractivity (Wildman–Crippen MR) is 70.2 cm³/mol. The van der Waals surface area contributed by atoms with Gasteiger partial charge in [0.15, 0.2) is 0 Å². The molecule has 0 amide bonds. The van der Waals surface area contributed by atoms with Gasteiger partial charge < -0.3 is 15.8 Å². The maximum atomic E-state index is 12.5. The minimum atomic E-state index is -4.49. The summed E-state index contributed by atoms with van der Waals surface area (Å²) in [5.41, 5.74) is 4.44. The van der Waals surface area contributed by atoms with E-state index in [9.17, 15) is 13.2 Å². The van der Waals surface area contributed by atoms with Crippen LogP contribution in [0.4, 0.5) is 19.0 Å². The Balaban J connectivity index is 2.94. The maximum Gasteiger partial charge on any atom is 0.417 e. The summed E-state index contributed by atoms with van der Waals surface area (Å²) in [4.78, 5) is 5.39. The number of pyridine rings is 1. The highest BCUT2D eigenvalue weighted by Gasteiger charge is 2.32. The molecule has 1 aromatic rings. The van der Waals surface area contributed by atoms with E-state index in [4.69, 9.17) is 22.5 Å². The van der Waals surface area contributed by atoms with Crippen molar-refractivity contribution in [3.8, 4) is 0 Å². The molecular weight excluding hydrogens is 297 g/mol. The van der Waals surface area contributed by atoms with Gasteiger partial charge in [-0.05, 0) is 13.0 Å². The molecule has 0 saturated heterocycles. The molecule has 0 bridgehead atoms. The average molecular weight is 311 g/mol. The first-order valence-electron chi connectivity index (χ1n) is 5.73. The lowest BCUT2D eigenvalue weighted by Gasteiger charge is -2.23. The quantitative estimate of drug-likeness (QED) is 0.379. The minimum Gasteiger partial charge on any atom is -0.409 e. The average Bonchev–Trinajstić information content (AvgIpc) is 2.39. The highest BCUT2D eigenvalue weighted by molar-refractivity contribution is 6.33. The van der Waals surface area contributed by atoms with Crippen LogP contribution in [0, 0.1) is 0 Å². The highest BCUT2D eigenvalue weighted by atomic mass is 35.5. The molecule has 0 aromatic carbocycles. The molecule has 0 atom stereocenters. The number of anilines is 1. The van der Waals surface area contributed by atoms with Gasteiger partial charge in [0.05, 0.1) is 10.6 Å². The standard InChI is InChI=1S/C11H14ClF3N4O/c1-2-19(4-3-9(16)18-20)10-8(12)5-7(6-17-10)11(13,14)15/h5-6,20H,2-4H2,1H3,(H2,16,18). The number of hydrogen-bond acceptors (Lipinski definition) is 4. The molecule has 1 rings (SSSR count). The summed E-state index contributed by atoms with van der Waals surface area (Å²) in [6.07, 6.45) is -3.52. The number of nitrogens with two attached hydrogens (primary N) is 1. The molecule has 1 heterocycles. The Morgan fingerprint density at radius 2 is 2.20 bits per heavy atom. The Bertz CT molecular complexity index is 493. The van der Waals surface area contributed by atoms with E-state index in [2.05, 4.69) is 10.1 Å². The lowest BCUT2D eigenvalue weighted by atomic mass is 10.2. The Morgan fingerprint density at radius 3 is 2.65 bits per heavy atom. The second-order valence-electron chi connectivity index (χ2n) is 3.95. The van der Waals surface area contributed by atoms with Crippen LogP contribution in [0.3, 0.4) is 0 Å². The Hall–Kier alpha value is -1.70. The van der Waals surface area contributed by atoms with E-state index in [0.717, 1.165) is 12.3 Å². The summed E-state index contributed by atoms with van der Waals surface area (Å²) in [5, 5.41) is 11.2. The number of rotatable bonds is 5. The van der Waals surface area contributed by atoms with Crippen molar-refractivity contribution in [2.45, 2.75) is 19.5 Å². The number of alkyl halides is 3. The molecule has 0 spiro atoms. The summed E-state index contributed by atoms with van der Waals surface area (Å²) >= 11 is 5.84. The van der Waals surface area contributed by atoms with Crippen LogP contribution in [0.25, 0.3) is 0 Å². The molecule has 0 aliphatic rings. The summed E-state index contributed by atoms with van der Waals surface area (Å²) in [6, 6.07) is 0.829. The van der Waals surface area contributed by atoms with Gasteiger partial charge >= 0.3 is 6.18 Å². The molecule has 0 fully saturated rings. The third kappa shape index (κ3) is 4.16. The van der Waals surface area contributed by atoms with Crippen molar-refractivity contribution in [1.29, 1.82) is 0 Å². The van der Waals surface area contributed by atoms with Crippen molar-refractivity contribution in [2.75, 3.05) is 18.0 Å². The second-order valence-corrected chi connectivity index (χ2v) is 4.36. The third-order valence-corrected chi connectivity index (χ3v) is 2.87. The highest BCUT2D eigenvalue weighted by Crippen LogP contribution is 2.33. The van der Waals surface area contributed by atoms with Crippen molar-refractivity contribution < 1.29 is 18.4 Å². The summed E-state index contributed by atoms with van der Waals surface area (Å²) < 4.78 is 37.5. The van der Waals surface area contributed by atoms with Crippen LogP contribution >= 0.6 is 11.6 Å². The fourth-order valence-corrected chi connectivity index (χ4v) is 1.82. The number of aromatic nitrogens is 1. The topological polar surface area (TPSA) is 74.7 Å². The molecule has 1 aromatic heterocycles. The van der Waals surface area contributed by atoms with Gasteiger partial charge in [-0.15, -0.1) is 0 Å². The molecule has 3 N–H and O–H groups in total. The fourth-order valence-electron chi connectivity index (χ4n) is 1.53. The van der Waals surface area contributed by atoms with Gasteiger partial charge in [-0.25, -0.2) is 4.98 Å². The number of halogens is 4. The second kappa shape index (κ2) is 6.65. The fraction of sp³-hybridized carbons (Fsp3) is 0.455. The van der Waals surface area contributed by atoms with E-state index < -0.39 is 11.7 Å². The van der Waals surface area contributed by atoms with Gasteiger partial charge in [-0.3, -0.25) is 0 Å². The van der Waals surface area contributed by atoms with Crippen LogP contribution in [0.1, 0.15) is 18.9 Å². The van der Waals surface area contributed by atoms with Crippen LogP contribution in [0.2, 0.25) is 5.02 Å². The lowest BCUT2D eigenvalue weighted by molar-refractivity contribution is -0.137. The van der Waals surface area contributed by atoms with E-state index in [1.54, 1.807) is 11.8 Å².